The maximum Gasteiger partial charge on any atom is 0.326 e. The number of thiazole rings is 1. The van der Waals surface area contributed by atoms with E-state index in [-0.39, 0.29) is 31.3 Å². The SMILES string of the molecule is CCOC(=O)Cn1c(=NC(=O)CCSc2ccccc2)sc2cc(F)ccc21. The quantitative estimate of drug-likeness (QED) is 0.430. The highest BCUT2D eigenvalue weighted by Gasteiger charge is 2.13. The maximum absolute atomic E-state index is 13.6. The Balaban J connectivity index is 1.81. The van der Waals surface area contributed by atoms with E-state index in [2.05, 4.69) is 4.99 Å². The zero-order chi connectivity index (χ0) is 19.9. The number of rotatable bonds is 7. The van der Waals surface area contributed by atoms with Crippen molar-refractivity contribution in [1.29, 1.82) is 0 Å². The third kappa shape index (κ3) is 5.30. The van der Waals surface area contributed by atoms with Crippen molar-refractivity contribution in [2.45, 2.75) is 24.8 Å². The van der Waals surface area contributed by atoms with Gasteiger partial charge in [-0.2, -0.15) is 4.99 Å². The summed E-state index contributed by atoms with van der Waals surface area (Å²) >= 11 is 2.76. The highest BCUT2D eigenvalue weighted by Crippen LogP contribution is 2.20. The molecule has 28 heavy (non-hydrogen) atoms. The molecule has 1 heterocycles. The van der Waals surface area contributed by atoms with Crippen LogP contribution in [0.25, 0.3) is 10.2 Å². The molecular formula is C20H19FN2O3S2. The molecule has 5 nitrogen and oxygen atoms in total. The van der Waals surface area contributed by atoms with Crippen LogP contribution < -0.4 is 4.80 Å². The van der Waals surface area contributed by atoms with E-state index in [1.54, 1.807) is 29.3 Å². The lowest BCUT2D eigenvalue weighted by atomic mass is 10.3. The number of carbonyl (C=O) groups excluding carboxylic acids is 2. The molecular weight excluding hydrogens is 399 g/mol. The van der Waals surface area contributed by atoms with Crippen LogP contribution in [0.4, 0.5) is 4.39 Å². The minimum Gasteiger partial charge on any atom is -0.465 e. The molecule has 0 spiro atoms. The number of ether oxygens (including phenoxy) is 1. The van der Waals surface area contributed by atoms with Crippen LogP contribution in [0.2, 0.25) is 0 Å². The maximum atomic E-state index is 13.6. The molecule has 0 fully saturated rings. The molecule has 0 bridgehead atoms. The van der Waals surface area contributed by atoms with Crippen LogP contribution in [0, 0.1) is 5.82 Å². The molecule has 3 aromatic rings. The van der Waals surface area contributed by atoms with Crippen molar-refractivity contribution < 1.29 is 18.7 Å². The molecule has 0 N–H and O–H groups in total. The number of hydrogen-bond donors (Lipinski definition) is 0. The van der Waals surface area contributed by atoms with E-state index < -0.39 is 5.97 Å². The lowest BCUT2D eigenvalue weighted by molar-refractivity contribution is -0.143. The van der Waals surface area contributed by atoms with Gasteiger partial charge in [0.05, 0.1) is 16.8 Å². The lowest BCUT2D eigenvalue weighted by Crippen LogP contribution is -2.23. The first kappa shape index (κ1) is 20.3. The first-order valence-electron chi connectivity index (χ1n) is 8.76. The Morgan fingerprint density at radius 1 is 1.21 bits per heavy atom. The van der Waals surface area contributed by atoms with Gasteiger partial charge in [0.1, 0.15) is 12.4 Å². The van der Waals surface area contributed by atoms with Crippen molar-refractivity contribution in [3.05, 3.63) is 59.1 Å². The molecule has 8 heteroatoms. The smallest absolute Gasteiger partial charge is 0.326 e. The highest BCUT2D eigenvalue weighted by molar-refractivity contribution is 7.99. The minimum atomic E-state index is -0.431. The van der Waals surface area contributed by atoms with Gasteiger partial charge in [0.15, 0.2) is 4.80 Å². The number of hydrogen-bond acceptors (Lipinski definition) is 5. The molecule has 2 aromatic carbocycles. The number of benzene rings is 2. The number of fused-ring (bicyclic) bond motifs is 1. The van der Waals surface area contributed by atoms with Gasteiger partial charge < -0.3 is 9.30 Å². The summed E-state index contributed by atoms with van der Waals surface area (Å²) in [6.45, 7) is 1.91. The van der Waals surface area contributed by atoms with E-state index in [0.29, 0.717) is 20.8 Å². The fraction of sp³-hybridized carbons (Fsp3) is 0.250. The molecule has 146 valence electrons. The van der Waals surface area contributed by atoms with Crippen LogP contribution in [-0.2, 0) is 20.9 Å². The minimum absolute atomic E-state index is 0.0790. The van der Waals surface area contributed by atoms with Gasteiger partial charge in [-0.05, 0) is 37.3 Å². The summed E-state index contributed by atoms with van der Waals surface area (Å²) in [5, 5.41) is 0. The Labute approximate surface area is 169 Å². The second-order valence-corrected chi connectivity index (χ2v) is 7.98. The predicted molar refractivity (Wildman–Crippen MR) is 109 cm³/mol. The van der Waals surface area contributed by atoms with Crippen LogP contribution in [0.5, 0.6) is 0 Å². The monoisotopic (exact) mass is 418 g/mol. The molecule has 0 aliphatic carbocycles. The summed E-state index contributed by atoms with van der Waals surface area (Å²) in [7, 11) is 0. The Hall–Kier alpha value is -2.45. The molecule has 0 saturated carbocycles. The third-order valence-electron chi connectivity index (χ3n) is 3.79. The topological polar surface area (TPSA) is 60.7 Å². The normalized spacial score (nSPS) is 11.7. The van der Waals surface area contributed by atoms with E-state index in [1.807, 2.05) is 30.3 Å². The van der Waals surface area contributed by atoms with Gasteiger partial charge in [-0.1, -0.05) is 29.5 Å². The first-order chi connectivity index (χ1) is 13.6. The van der Waals surface area contributed by atoms with Gasteiger partial charge in [0, 0.05) is 17.1 Å². The summed E-state index contributed by atoms with van der Waals surface area (Å²) < 4.78 is 20.8. The molecule has 0 unspecified atom stereocenters. The van der Waals surface area contributed by atoms with Gasteiger partial charge in [-0.25, -0.2) is 4.39 Å². The molecule has 0 radical (unpaired) electrons. The van der Waals surface area contributed by atoms with Gasteiger partial charge in [-0.3, -0.25) is 9.59 Å². The largest absolute Gasteiger partial charge is 0.465 e. The zero-order valence-corrected chi connectivity index (χ0v) is 16.9. The van der Waals surface area contributed by atoms with Gasteiger partial charge in [0.2, 0.25) is 5.91 Å². The molecule has 0 atom stereocenters. The number of halogens is 1. The van der Waals surface area contributed by atoms with E-state index in [1.165, 1.54) is 23.5 Å². The predicted octanol–water partition coefficient (Wildman–Crippen LogP) is 4.01. The first-order valence-corrected chi connectivity index (χ1v) is 10.6. The fourth-order valence-corrected chi connectivity index (χ4v) is 4.49. The summed E-state index contributed by atoms with van der Waals surface area (Å²) in [4.78, 5) is 29.9. The number of nitrogens with zero attached hydrogens (tertiary/aromatic N) is 2. The molecule has 0 saturated heterocycles. The number of aromatic nitrogens is 1. The molecule has 0 aliphatic heterocycles. The summed E-state index contributed by atoms with van der Waals surface area (Å²) in [6, 6.07) is 14.1. The Morgan fingerprint density at radius 3 is 2.75 bits per heavy atom. The van der Waals surface area contributed by atoms with Gasteiger partial charge in [0.25, 0.3) is 0 Å². The molecule has 1 aromatic heterocycles. The highest BCUT2D eigenvalue weighted by atomic mass is 32.2. The second kappa shape index (κ2) is 9.66. The average Bonchev–Trinajstić information content (AvgIpc) is 2.98. The zero-order valence-electron chi connectivity index (χ0n) is 15.3. The standard InChI is InChI=1S/C20H19FN2O3S2/c1-2-26-19(25)13-23-16-9-8-14(21)12-17(16)28-20(23)22-18(24)10-11-27-15-6-4-3-5-7-15/h3-9,12H,2,10-11,13H2,1H3. The Morgan fingerprint density at radius 2 is 2.00 bits per heavy atom. The van der Waals surface area contributed by atoms with Crippen molar-refractivity contribution in [3.63, 3.8) is 0 Å². The van der Waals surface area contributed by atoms with Crippen LogP contribution >= 0.6 is 23.1 Å². The fourth-order valence-electron chi connectivity index (χ4n) is 2.56. The van der Waals surface area contributed by atoms with Crippen molar-refractivity contribution in [2.75, 3.05) is 12.4 Å². The Bertz CT molecular complexity index is 1040. The van der Waals surface area contributed by atoms with Crippen molar-refractivity contribution in [2.24, 2.45) is 4.99 Å². The number of esters is 1. The van der Waals surface area contributed by atoms with E-state index in [4.69, 9.17) is 4.74 Å². The molecule has 0 aliphatic rings. The van der Waals surface area contributed by atoms with Crippen molar-refractivity contribution in [3.8, 4) is 0 Å². The molecule has 3 rings (SSSR count). The summed E-state index contributed by atoms with van der Waals surface area (Å²) in [6.07, 6.45) is 0.265. The second-order valence-electron chi connectivity index (χ2n) is 5.80. The van der Waals surface area contributed by atoms with E-state index >= 15 is 0 Å². The van der Waals surface area contributed by atoms with Crippen LogP contribution in [0.15, 0.2) is 58.4 Å². The number of thioether (sulfide) groups is 1. The molecule has 1 amide bonds. The van der Waals surface area contributed by atoms with Crippen LogP contribution in [0.3, 0.4) is 0 Å². The van der Waals surface area contributed by atoms with Crippen LogP contribution in [0.1, 0.15) is 13.3 Å². The number of amides is 1. The van der Waals surface area contributed by atoms with Crippen molar-refractivity contribution in [1.82, 2.24) is 4.57 Å². The number of carbonyl (C=O) groups is 2. The Kier molecular flexibility index (Phi) is 7.00. The van der Waals surface area contributed by atoms with Crippen LogP contribution in [-0.4, -0.2) is 28.8 Å². The average molecular weight is 419 g/mol. The lowest BCUT2D eigenvalue weighted by Gasteiger charge is -2.05. The summed E-state index contributed by atoms with van der Waals surface area (Å²) in [5.74, 6) is -0.494. The van der Waals surface area contributed by atoms with E-state index in [0.717, 1.165) is 4.90 Å². The van der Waals surface area contributed by atoms with Gasteiger partial charge in [-0.15, -0.1) is 11.8 Å². The third-order valence-corrected chi connectivity index (χ3v) is 5.84. The van der Waals surface area contributed by atoms with Crippen molar-refractivity contribution >= 4 is 45.2 Å². The van der Waals surface area contributed by atoms with E-state index in [9.17, 15) is 14.0 Å². The van der Waals surface area contributed by atoms with Gasteiger partial charge >= 0.3 is 5.97 Å². The summed E-state index contributed by atoms with van der Waals surface area (Å²) in [5.41, 5.74) is 0.643.